The molecule has 0 spiro atoms. The van der Waals surface area contributed by atoms with E-state index < -0.39 is 15.4 Å². The largest absolute Gasteiger partial charge is 0.449 e. The van der Waals surface area contributed by atoms with Gasteiger partial charge in [0.15, 0.2) is 0 Å². The third-order valence-electron chi connectivity index (χ3n) is 5.55. The van der Waals surface area contributed by atoms with Crippen molar-refractivity contribution in [2.24, 2.45) is 5.41 Å². The van der Waals surface area contributed by atoms with Crippen molar-refractivity contribution in [2.45, 2.75) is 32.1 Å². The molecule has 1 aliphatic heterocycles. The first kappa shape index (κ1) is 26.1. The molecule has 0 radical (unpaired) electrons. The van der Waals surface area contributed by atoms with E-state index in [4.69, 9.17) is 4.74 Å². The van der Waals surface area contributed by atoms with Crippen LogP contribution in [0.4, 0.5) is 10.5 Å². The highest BCUT2D eigenvalue weighted by molar-refractivity contribution is 8.19. The third-order valence-corrected chi connectivity index (χ3v) is 8.98. The van der Waals surface area contributed by atoms with E-state index in [1.54, 1.807) is 0 Å². The molecule has 1 unspecified atom stereocenters. The second-order valence-corrected chi connectivity index (χ2v) is 13.2. The van der Waals surface area contributed by atoms with Crippen LogP contribution in [-0.2, 0) is 14.0 Å². The van der Waals surface area contributed by atoms with Gasteiger partial charge in [-0.1, -0.05) is 45.0 Å². The van der Waals surface area contributed by atoms with Crippen LogP contribution in [0.15, 0.2) is 64.8 Å². The Bertz CT molecular complexity index is 1140. The van der Waals surface area contributed by atoms with Crippen LogP contribution in [0.5, 0.6) is 0 Å². The van der Waals surface area contributed by atoms with E-state index in [-0.39, 0.29) is 5.41 Å². The zero-order valence-corrected chi connectivity index (χ0v) is 22.3. The van der Waals surface area contributed by atoms with Gasteiger partial charge in [-0.3, -0.25) is 5.32 Å². The molecule has 7 nitrogen and oxygen atoms in total. The van der Waals surface area contributed by atoms with Gasteiger partial charge in [-0.2, -0.15) is 0 Å². The minimum absolute atomic E-state index is 0.0821. The van der Waals surface area contributed by atoms with Crippen molar-refractivity contribution >= 4 is 29.1 Å². The highest BCUT2D eigenvalue weighted by Gasteiger charge is 2.25. The first-order valence-electron chi connectivity index (χ1n) is 11.3. The van der Waals surface area contributed by atoms with E-state index in [1.165, 1.54) is 0 Å². The fraction of sp³-hybridized carbons (Fsp3) is 0.400. The van der Waals surface area contributed by atoms with Crippen molar-refractivity contribution in [3.8, 4) is 11.1 Å². The molecular formula is C25H35N4O3PS. The van der Waals surface area contributed by atoms with Gasteiger partial charge >= 0.3 is 6.09 Å². The van der Waals surface area contributed by atoms with Gasteiger partial charge in [0.05, 0.1) is 22.4 Å². The van der Waals surface area contributed by atoms with E-state index in [9.17, 15) is 9.00 Å². The number of carbonyl (C=O) groups excluding carboxylic acids is 1. The maximum absolute atomic E-state index is 13.6. The maximum atomic E-state index is 13.6. The number of ether oxygens (including phenoxy) is 1. The Kier molecular flexibility index (Phi) is 8.29. The Balaban J connectivity index is 1.67. The lowest BCUT2D eigenvalue weighted by Crippen LogP contribution is -2.40. The molecule has 3 rings (SSSR count). The Morgan fingerprint density at radius 1 is 1.00 bits per heavy atom. The van der Waals surface area contributed by atoms with Gasteiger partial charge in [0.25, 0.3) is 0 Å². The summed E-state index contributed by atoms with van der Waals surface area (Å²) >= 11 is 0. The van der Waals surface area contributed by atoms with Crippen LogP contribution in [0.1, 0.15) is 27.2 Å². The van der Waals surface area contributed by atoms with E-state index in [0.29, 0.717) is 25.4 Å². The molecule has 1 atom stereocenters. The van der Waals surface area contributed by atoms with Crippen LogP contribution < -0.4 is 16.0 Å². The lowest BCUT2D eigenvalue weighted by atomic mass is 9.99. The van der Waals surface area contributed by atoms with Crippen molar-refractivity contribution < 1.29 is 13.7 Å². The number of carbonyl (C=O) groups is 1. The van der Waals surface area contributed by atoms with E-state index in [0.717, 1.165) is 33.8 Å². The Morgan fingerprint density at radius 3 is 2.09 bits per heavy atom. The summed E-state index contributed by atoms with van der Waals surface area (Å²) in [5.74, 6) is 0. The van der Waals surface area contributed by atoms with Crippen LogP contribution in [0.3, 0.4) is 0 Å². The predicted molar refractivity (Wildman–Crippen MR) is 142 cm³/mol. The van der Waals surface area contributed by atoms with Crippen molar-refractivity contribution in [3.63, 3.8) is 0 Å². The van der Waals surface area contributed by atoms with Crippen molar-refractivity contribution in [2.75, 3.05) is 39.1 Å². The topological polar surface area (TPSA) is 82.7 Å². The molecule has 1 amide bonds. The molecule has 0 aliphatic carbocycles. The van der Waals surface area contributed by atoms with Gasteiger partial charge in [0, 0.05) is 49.0 Å². The summed E-state index contributed by atoms with van der Waals surface area (Å²) < 4.78 is 20.8. The highest BCUT2D eigenvalue weighted by Crippen LogP contribution is 2.28. The first-order chi connectivity index (χ1) is 16.0. The number of hydrogen-bond donors (Lipinski definition) is 3. The van der Waals surface area contributed by atoms with Crippen LogP contribution in [0.25, 0.3) is 11.1 Å². The molecule has 34 heavy (non-hydrogen) atoms. The SMILES string of the molecule is CNC1=C(NC)CN(S(=O)(=P)c2ccc(-c3ccc(NC(=O)OCC(C)(C)C)cc3)cc2)CC1. The van der Waals surface area contributed by atoms with Gasteiger partial charge in [0.2, 0.25) is 0 Å². The molecule has 0 saturated carbocycles. The van der Waals surface area contributed by atoms with E-state index >= 15 is 0 Å². The average molecular weight is 503 g/mol. The van der Waals surface area contributed by atoms with E-state index in [1.807, 2.05) is 87.7 Å². The van der Waals surface area contributed by atoms with Crippen molar-refractivity contribution in [3.05, 3.63) is 59.9 Å². The minimum Gasteiger partial charge on any atom is -0.449 e. The molecule has 1 heterocycles. The Labute approximate surface area is 205 Å². The zero-order valence-electron chi connectivity index (χ0n) is 20.5. The minimum atomic E-state index is -2.55. The second kappa shape index (κ2) is 10.8. The monoisotopic (exact) mass is 502 g/mol. The zero-order chi connectivity index (χ0) is 24.9. The standard InChI is InChI=1S/C25H35N4O3PS/c1-25(2,3)17-32-24(30)28-20-10-6-18(7-11-20)19-8-12-21(13-9-19)34(31,33)29-15-14-22(26-4)23(16-29)27-5/h6-13,26-27,33H,14-17H2,1-5H3,(H,28,30). The summed E-state index contributed by atoms with van der Waals surface area (Å²) in [5.41, 5.74) is 4.78. The van der Waals surface area contributed by atoms with Crippen molar-refractivity contribution in [1.29, 1.82) is 0 Å². The summed E-state index contributed by atoms with van der Waals surface area (Å²) in [6.07, 6.45) is 0.339. The lowest BCUT2D eigenvalue weighted by molar-refractivity contribution is 0.118. The highest BCUT2D eigenvalue weighted by atomic mass is 32.5. The van der Waals surface area contributed by atoms with Crippen LogP contribution >= 0.6 is 8.02 Å². The molecule has 0 fully saturated rings. The number of benzene rings is 2. The predicted octanol–water partition coefficient (Wildman–Crippen LogP) is 4.92. The summed E-state index contributed by atoms with van der Waals surface area (Å²) in [6.45, 7) is 7.65. The number of amides is 1. The number of hydrogen-bond acceptors (Lipinski definition) is 5. The van der Waals surface area contributed by atoms with Crippen LogP contribution in [0, 0.1) is 5.41 Å². The summed E-state index contributed by atoms with van der Waals surface area (Å²) in [4.78, 5) is 12.7. The van der Waals surface area contributed by atoms with Crippen LogP contribution in [0.2, 0.25) is 0 Å². The molecule has 3 N–H and O–H groups in total. The number of likely N-dealkylation sites (N-methyl/N-ethyl adjacent to an activating group) is 1. The molecular weight excluding hydrogens is 467 g/mol. The molecule has 0 aromatic heterocycles. The van der Waals surface area contributed by atoms with E-state index in [2.05, 4.69) is 24.0 Å². The maximum Gasteiger partial charge on any atom is 0.411 e. The molecule has 1 aliphatic rings. The Hall–Kier alpha value is -2.54. The van der Waals surface area contributed by atoms with Gasteiger partial charge in [-0.15, -0.1) is 0 Å². The molecule has 2 aromatic rings. The molecule has 184 valence electrons. The molecule has 2 aromatic carbocycles. The summed E-state index contributed by atoms with van der Waals surface area (Å²) in [6, 6.07) is 15.3. The Morgan fingerprint density at radius 2 is 1.56 bits per heavy atom. The summed E-state index contributed by atoms with van der Waals surface area (Å²) in [5, 5.41) is 9.18. The van der Waals surface area contributed by atoms with Crippen LogP contribution in [-0.4, -0.2) is 48.4 Å². The smallest absolute Gasteiger partial charge is 0.411 e. The second-order valence-electron chi connectivity index (χ2n) is 9.46. The third kappa shape index (κ3) is 6.53. The van der Waals surface area contributed by atoms with Crippen molar-refractivity contribution in [1.82, 2.24) is 14.9 Å². The molecule has 0 saturated heterocycles. The summed E-state index contributed by atoms with van der Waals surface area (Å²) in [7, 11) is 4.83. The van der Waals surface area contributed by atoms with Gasteiger partial charge in [0.1, 0.15) is 0 Å². The number of anilines is 1. The number of nitrogens with zero attached hydrogens (tertiary/aromatic N) is 1. The fourth-order valence-electron chi connectivity index (χ4n) is 3.63. The van der Waals surface area contributed by atoms with Gasteiger partial charge in [-0.05, 0) is 48.8 Å². The van der Waals surface area contributed by atoms with Gasteiger partial charge < -0.3 is 15.4 Å². The normalized spacial score (nSPS) is 16.5. The molecule has 9 heteroatoms. The fourth-order valence-corrected chi connectivity index (χ4v) is 5.96. The lowest BCUT2D eigenvalue weighted by Gasteiger charge is -2.32. The van der Waals surface area contributed by atoms with Gasteiger partial charge in [-0.25, -0.2) is 13.3 Å². The quantitative estimate of drug-likeness (QED) is 0.468. The molecule has 0 bridgehead atoms. The number of nitrogens with one attached hydrogen (secondary N) is 3. The number of rotatable bonds is 7. The average Bonchev–Trinajstić information content (AvgIpc) is 2.82. The first-order valence-corrected chi connectivity index (χ1v) is 14.0.